The molecule has 1 amide bonds. The summed E-state index contributed by atoms with van der Waals surface area (Å²) in [6.07, 6.45) is 4.22. The van der Waals surface area contributed by atoms with E-state index in [1.807, 2.05) is 4.90 Å². The van der Waals surface area contributed by atoms with Gasteiger partial charge in [0, 0.05) is 30.7 Å². The summed E-state index contributed by atoms with van der Waals surface area (Å²) < 4.78 is 5.33. The van der Waals surface area contributed by atoms with Crippen LogP contribution in [0, 0.1) is 5.92 Å². The molecule has 0 radical (unpaired) electrons. The maximum Gasteiger partial charge on any atom is 0.255 e. The third-order valence-electron chi connectivity index (χ3n) is 5.70. The highest BCUT2D eigenvalue weighted by Crippen LogP contribution is 2.44. The monoisotopic (exact) mass is 318 g/mol. The molecule has 4 rings (SSSR count). The number of rotatable bonds is 1. The number of hydrogen-bond donors (Lipinski definition) is 2. The number of aromatic nitrogens is 2. The minimum Gasteiger partial charge on any atom is -0.381 e. The number of amides is 1. The van der Waals surface area contributed by atoms with Crippen molar-refractivity contribution in [2.24, 2.45) is 5.92 Å². The zero-order valence-corrected chi connectivity index (χ0v) is 13.1. The molecule has 2 saturated heterocycles. The second-order valence-electron chi connectivity index (χ2n) is 6.94. The highest BCUT2D eigenvalue weighted by molar-refractivity contribution is 5.79. The normalized spacial score (nSPS) is 25.7. The Morgan fingerprint density at radius 1 is 1.35 bits per heavy atom. The zero-order chi connectivity index (χ0) is 16.0. The number of aromatic amines is 1. The number of piperidine rings is 1. The van der Waals surface area contributed by atoms with Crippen molar-refractivity contribution in [2.45, 2.75) is 37.5 Å². The third-order valence-corrected chi connectivity index (χ3v) is 5.70. The number of carbonyl (C=O) groups is 1. The van der Waals surface area contributed by atoms with E-state index < -0.39 is 0 Å². The van der Waals surface area contributed by atoms with Gasteiger partial charge in [0.2, 0.25) is 11.9 Å². The van der Waals surface area contributed by atoms with Crippen LogP contribution in [-0.2, 0) is 21.4 Å². The number of fused-ring (bicyclic) bond motifs is 2. The van der Waals surface area contributed by atoms with Gasteiger partial charge in [-0.05, 0) is 32.1 Å². The molecule has 3 heterocycles. The molecule has 23 heavy (non-hydrogen) atoms. The minimum atomic E-state index is -0.106. The van der Waals surface area contributed by atoms with Gasteiger partial charge in [0.05, 0.1) is 18.2 Å². The lowest BCUT2D eigenvalue weighted by Gasteiger charge is -2.40. The zero-order valence-electron chi connectivity index (χ0n) is 13.1. The Labute approximate surface area is 134 Å². The van der Waals surface area contributed by atoms with E-state index in [2.05, 4.69) is 9.97 Å². The Morgan fingerprint density at radius 3 is 2.83 bits per heavy atom. The van der Waals surface area contributed by atoms with Gasteiger partial charge in [0.15, 0.2) is 0 Å². The Kier molecular flexibility index (Phi) is 3.41. The van der Waals surface area contributed by atoms with Gasteiger partial charge in [-0.25, -0.2) is 4.98 Å². The first-order valence-electron chi connectivity index (χ1n) is 8.35. The molecule has 1 unspecified atom stereocenters. The third kappa shape index (κ3) is 2.34. The topological polar surface area (TPSA) is 101 Å². The lowest BCUT2D eigenvalue weighted by atomic mass is 9.76. The first-order chi connectivity index (χ1) is 11.1. The Hall–Kier alpha value is -1.89. The van der Waals surface area contributed by atoms with Crippen molar-refractivity contribution < 1.29 is 9.53 Å². The fraction of sp³-hybridized carbons (Fsp3) is 0.688. The Morgan fingerprint density at radius 2 is 2.13 bits per heavy atom. The summed E-state index contributed by atoms with van der Waals surface area (Å²) in [5.41, 5.74) is 7.20. The molecule has 7 nitrogen and oxygen atoms in total. The van der Waals surface area contributed by atoms with E-state index in [-0.39, 0.29) is 28.7 Å². The standard InChI is InChI=1S/C16H22N4O3/c17-15-18-12-11(13(21)19-15)1-3-16(12)4-6-20(7-5-16)14(22)10-2-8-23-9-10/h10H,1-9H2,(H3,17,18,19,21). The fourth-order valence-corrected chi connectivity index (χ4v) is 4.30. The van der Waals surface area contributed by atoms with Gasteiger partial charge >= 0.3 is 0 Å². The second kappa shape index (κ2) is 5.33. The van der Waals surface area contributed by atoms with Gasteiger partial charge in [-0.3, -0.25) is 14.6 Å². The average molecular weight is 318 g/mol. The summed E-state index contributed by atoms with van der Waals surface area (Å²) in [4.78, 5) is 33.5. The lowest BCUT2D eigenvalue weighted by molar-refractivity contribution is -0.137. The van der Waals surface area contributed by atoms with Gasteiger partial charge in [-0.15, -0.1) is 0 Å². The summed E-state index contributed by atoms with van der Waals surface area (Å²) in [6, 6.07) is 0. The number of anilines is 1. The van der Waals surface area contributed by atoms with E-state index >= 15 is 0 Å². The van der Waals surface area contributed by atoms with Crippen molar-refractivity contribution in [2.75, 3.05) is 32.0 Å². The van der Waals surface area contributed by atoms with Gasteiger partial charge < -0.3 is 15.4 Å². The number of nitrogens with zero attached hydrogens (tertiary/aromatic N) is 2. The summed E-state index contributed by atoms with van der Waals surface area (Å²) in [7, 11) is 0. The number of ether oxygens (including phenoxy) is 1. The number of likely N-dealkylation sites (tertiary alicyclic amines) is 1. The van der Waals surface area contributed by atoms with Crippen LogP contribution in [0.25, 0.3) is 0 Å². The number of nitrogens with two attached hydrogens (primary N) is 1. The lowest BCUT2D eigenvalue weighted by Crippen LogP contribution is -2.47. The molecule has 3 aliphatic rings. The molecular weight excluding hydrogens is 296 g/mol. The number of H-pyrrole nitrogens is 1. The summed E-state index contributed by atoms with van der Waals surface area (Å²) in [5, 5.41) is 0. The van der Waals surface area contributed by atoms with E-state index in [1.54, 1.807) is 0 Å². The maximum atomic E-state index is 12.5. The van der Waals surface area contributed by atoms with E-state index in [4.69, 9.17) is 10.5 Å². The fourth-order valence-electron chi connectivity index (χ4n) is 4.30. The highest BCUT2D eigenvalue weighted by Gasteiger charge is 2.45. The Balaban J connectivity index is 1.52. The molecule has 1 spiro atoms. The van der Waals surface area contributed by atoms with Crippen molar-refractivity contribution in [1.29, 1.82) is 0 Å². The van der Waals surface area contributed by atoms with Gasteiger partial charge in [-0.2, -0.15) is 0 Å². The number of hydrogen-bond acceptors (Lipinski definition) is 5. The molecule has 0 aromatic carbocycles. The smallest absolute Gasteiger partial charge is 0.255 e. The molecule has 1 aromatic heterocycles. The van der Waals surface area contributed by atoms with Crippen molar-refractivity contribution in [3.05, 3.63) is 21.6 Å². The predicted octanol–water partition coefficient (Wildman–Crippen LogP) is 0.195. The number of nitrogens with one attached hydrogen (secondary N) is 1. The van der Waals surface area contributed by atoms with Gasteiger partial charge in [0.1, 0.15) is 0 Å². The predicted molar refractivity (Wildman–Crippen MR) is 84.0 cm³/mol. The van der Waals surface area contributed by atoms with Crippen molar-refractivity contribution in [3.63, 3.8) is 0 Å². The van der Waals surface area contributed by atoms with Crippen LogP contribution in [0.15, 0.2) is 4.79 Å². The summed E-state index contributed by atoms with van der Waals surface area (Å²) in [5.74, 6) is 0.433. The minimum absolute atomic E-state index is 0.0246. The maximum absolute atomic E-state index is 12.5. The molecule has 2 aliphatic heterocycles. The van der Waals surface area contributed by atoms with Crippen LogP contribution in [0.2, 0.25) is 0 Å². The van der Waals surface area contributed by atoms with Crippen LogP contribution in [0.3, 0.4) is 0 Å². The summed E-state index contributed by atoms with van der Waals surface area (Å²) in [6.45, 7) is 2.69. The van der Waals surface area contributed by atoms with Gasteiger partial charge in [0.25, 0.3) is 5.56 Å². The van der Waals surface area contributed by atoms with Crippen molar-refractivity contribution in [3.8, 4) is 0 Å². The molecule has 1 aliphatic carbocycles. The van der Waals surface area contributed by atoms with Crippen LogP contribution in [0.4, 0.5) is 5.95 Å². The van der Waals surface area contributed by atoms with Crippen LogP contribution in [-0.4, -0.2) is 47.1 Å². The molecule has 124 valence electrons. The van der Waals surface area contributed by atoms with E-state index in [9.17, 15) is 9.59 Å². The molecule has 7 heteroatoms. The summed E-state index contributed by atoms with van der Waals surface area (Å²) >= 11 is 0. The largest absolute Gasteiger partial charge is 0.381 e. The van der Waals surface area contributed by atoms with Crippen LogP contribution in [0.5, 0.6) is 0 Å². The first kappa shape index (κ1) is 14.7. The molecule has 0 bridgehead atoms. The molecule has 1 aromatic rings. The number of nitrogen functional groups attached to an aromatic ring is 1. The molecule has 2 fully saturated rings. The average Bonchev–Trinajstić information content (AvgIpc) is 3.17. The van der Waals surface area contributed by atoms with Crippen LogP contribution < -0.4 is 11.3 Å². The van der Waals surface area contributed by atoms with Gasteiger partial charge in [-0.1, -0.05) is 0 Å². The SMILES string of the molecule is Nc1nc2c(c(=O)[nH]1)CCC21CCN(C(=O)C2CCOC2)CC1. The first-order valence-corrected chi connectivity index (χ1v) is 8.35. The highest BCUT2D eigenvalue weighted by atomic mass is 16.5. The van der Waals surface area contributed by atoms with E-state index in [1.165, 1.54) is 0 Å². The molecule has 3 N–H and O–H groups in total. The van der Waals surface area contributed by atoms with E-state index in [0.717, 1.165) is 56.5 Å². The second-order valence-corrected chi connectivity index (χ2v) is 6.94. The molecular formula is C16H22N4O3. The number of carbonyl (C=O) groups excluding carboxylic acids is 1. The van der Waals surface area contributed by atoms with Crippen molar-refractivity contribution in [1.82, 2.24) is 14.9 Å². The van der Waals surface area contributed by atoms with Crippen LogP contribution in [0.1, 0.15) is 36.9 Å². The van der Waals surface area contributed by atoms with E-state index in [0.29, 0.717) is 13.2 Å². The Bertz CT molecular complexity index is 685. The van der Waals surface area contributed by atoms with Crippen molar-refractivity contribution >= 4 is 11.9 Å². The quantitative estimate of drug-likeness (QED) is 0.770. The molecule has 1 atom stereocenters. The van der Waals surface area contributed by atoms with Crippen LogP contribution >= 0.6 is 0 Å². The molecule has 0 saturated carbocycles.